The third kappa shape index (κ3) is 1.12. The maximum Gasteiger partial charge on any atom is 0.309 e. The average Bonchev–Trinajstić information content (AvgIpc) is 2.56. The first-order valence-corrected chi connectivity index (χ1v) is 4.70. The van der Waals surface area contributed by atoms with E-state index >= 15 is 0 Å². The van der Waals surface area contributed by atoms with Crippen LogP contribution in [0, 0.1) is 11.8 Å². The van der Waals surface area contributed by atoms with E-state index in [1.54, 1.807) is 0 Å². The maximum absolute atomic E-state index is 11.2. The van der Waals surface area contributed by atoms with E-state index in [2.05, 4.69) is 0 Å². The Kier molecular flexibility index (Phi) is 1.99. The third-order valence-corrected chi connectivity index (χ3v) is 3.29. The zero-order valence-corrected chi connectivity index (χ0v) is 7.88. The molecule has 2 N–H and O–H groups in total. The fourth-order valence-electron chi connectivity index (χ4n) is 2.76. The zero-order valence-electron chi connectivity index (χ0n) is 7.88. The average molecular weight is 199 g/mol. The number of carboxylic acids is 1. The van der Waals surface area contributed by atoms with Crippen LogP contribution >= 0.6 is 0 Å². The van der Waals surface area contributed by atoms with Crippen molar-refractivity contribution in [1.82, 2.24) is 4.90 Å². The second kappa shape index (κ2) is 2.95. The zero-order chi connectivity index (χ0) is 10.5. The van der Waals surface area contributed by atoms with Crippen LogP contribution in [0.25, 0.3) is 0 Å². The topological polar surface area (TPSA) is 77.8 Å². The molecule has 0 spiro atoms. The second-order valence-corrected chi connectivity index (χ2v) is 4.09. The smallest absolute Gasteiger partial charge is 0.309 e. The molecule has 2 rings (SSSR count). The lowest BCUT2D eigenvalue weighted by molar-refractivity contribution is -0.144. The van der Waals surface area contributed by atoms with Crippen molar-refractivity contribution in [1.29, 1.82) is 0 Å². The number of carbonyl (C=O) groups is 2. The van der Waals surface area contributed by atoms with E-state index in [9.17, 15) is 14.7 Å². The minimum Gasteiger partial charge on any atom is -0.481 e. The summed E-state index contributed by atoms with van der Waals surface area (Å²) in [6.07, 6.45) is -0.162. The number of carbonyl (C=O) groups excluding carboxylic acids is 1. The number of likely N-dealkylation sites (tertiary alicyclic amines) is 1. The van der Waals surface area contributed by atoms with Gasteiger partial charge in [-0.2, -0.15) is 0 Å². The van der Waals surface area contributed by atoms with Crippen LogP contribution in [0.2, 0.25) is 0 Å². The van der Waals surface area contributed by atoms with Gasteiger partial charge in [0, 0.05) is 13.5 Å². The summed E-state index contributed by atoms with van der Waals surface area (Å²) >= 11 is 0. The highest BCUT2D eigenvalue weighted by Crippen LogP contribution is 2.42. The highest BCUT2D eigenvalue weighted by Gasteiger charge is 2.56. The van der Waals surface area contributed by atoms with Gasteiger partial charge in [0.25, 0.3) is 0 Å². The van der Waals surface area contributed by atoms with Crippen LogP contribution in [-0.4, -0.2) is 45.7 Å². The summed E-state index contributed by atoms with van der Waals surface area (Å²) in [5.41, 5.74) is 0. The molecular formula is C9H13NO4. The van der Waals surface area contributed by atoms with Gasteiger partial charge >= 0.3 is 5.97 Å². The summed E-state index contributed by atoms with van der Waals surface area (Å²) in [6, 6.07) is -0.505. The van der Waals surface area contributed by atoms with Crippen LogP contribution < -0.4 is 0 Å². The lowest BCUT2D eigenvalue weighted by Gasteiger charge is -2.29. The molecule has 2 aliphatic rings. The number of aliphatic hydroxyl groups is 1. The quantitative estimate of drug-likeness (QED) is 0.585. The molecule has 0 aromatic rings. The van der Waals surface area contributed by atoms with Gasteiger partial charge in [-0.15, -0.1) is 0 Å². The number of carboxylic acid groups (broad SMARTS) is 1. The van der Waals surface area contributed by atoms with E-state index in [4.69, 9.17) is 5.11 Å². The fraction of sp³-hybridized carbons (Fsp3) is 0.778. The Labute approximate surface area is 81.3 Å². The van der Waals surface area contributed by atoms with E-state index in [1.807, 2.05) is 0 Å². The van der Waals surface area contributed by atoms with Gasteiger partial charge in [0.15, 0.2) is 0 Å². The van der Waals surface area contributed by atoms with E-state index in [0.29, 0.717) is 13.0 Å². The summed E-state index contributed by atoms with van der Waals surface area (Å²) in [6.45, 7) is 1.89. The van der Waals surface area contributed by atoms with E-state index < -0.39 is 24.0 Å². The van der Waals surface area contributed by atoms with Gasteiger partial charge in [0.2, 0.25) is 5.91 Å². The Bertz CT molecular complexity index is 291. The largest absolute Gasteiger partial charge is 0.481 e. The van der Waals surface area contributed by atoms with Crippen LogP contribution in [0.4, 0.5) is 0 Å². The molecular weight excluding hydrogens is 186 g/mol. The molecule has 1 amide bonds. The fourth-order valence-corrected chi connectivity index (χ4v) is 2.76. The minimum absolute atomic E-state index is 0.0728. The van der Waals surface area contributed by atoms with E-state index in [-0.39, 0.29) is 11.8 Å². The van der Waals surface area contributed by atoms with Crippen molar-refractivity contribution in [2.75, 3.05) is 6.54 Å². The highest BCUT2D eigenvalue weighted by atomic mass is 16.4. The molecule has 1 aliphatic heterocycles. The SMILES string of the molecule is CC(=O)N1C[C@@H]2C[C@@H](O)[C@H]1[C@H]2C(=O)O. The van der Waals surface area contributed by atoms with Gasteiger partial charge in [-0.05, 0) is 12.3 Å². The molecule has 1 heterocycles. The van der Waals surface area contributed by atoms with Gasteiger partial charge < -0.3 is 15.1 Å². The molecule has 5 nitrogen and oxygen atoms in total. The van der Waals surface area contributed by atoms with Crippen molar-refractivity contribution in [3.63, 3.8) is 0 Å². The van der Waals surface area contributed by atoms with Gasteiger partial charge in [0.1, 0.15) is 0 Å². The molecule has 2 bridgehead atoms. The molecule has 1 aliphatic carbocycles. The second-order valence-electron chi connectivity index (χ2n) is 4.09. The Morgan fingerprint density at radius 2 is 2.07 bits per heavy atom. The van der Waals surface area contributed by atoms with Gasteiger partial charge in [-0.1, -0.05) is 0 Å². The molecule has 78 valence electrons. The normalized spacial score (nSPS) is 40.3. The van der Waals surface area contributed by atoms with Crippen molar-refractivity contribution in [2.45, 2.75) is 25.5 Å². The molecule has 14 heavy (non-hydrogen) atoms. The minimum atomic E-state index is -0.902. The standard InChI is InChI=1S/C9H13NO4/c1-4(11)10-3-5-2-6(12)8(10)7(5)9(13)14/h5-8,12H,2-3H2,1H3,(H,13,14)/t5-,6+,7-,8-/m0/s1. The molecule has 1 saturated carbocycles. The molecule has 5 heteroatoms. The lowest BCUT2D eigenvalue weighted by atomic mass is 9.99. The van der Waals surface area contributed by atoms with Crippen molar-refractivity contribution in [3.05, 3.63) is 0 Å². The summed E-state index contributed by atoms with van der Waals surface area (Å²) in [7, 11) is 0. The number of nitrogens with zero attached hydrogens (tertiary/aromatic N) is 1. The summed E-state index contributed by atoms with van der Waals surface area (Å²) in [5.74, 6) is -1.70. The molecule has 1 saturated heterocycles. The Balaban J connectivity index is 2.26. The number of aliphatic hydroxyl groups excluding tert-OH is 1. The first kappa shape index (κ1) is 9.45. The van der Waals surface area contributed by atoms with Crippen molar-refractivity contribution in [3.8, 4) is 0 Å². The first-order valence-electron chi connectivity index (χ1n) is 4.70. The van der Waals surface area contributed by atoms with E-state index in [1.165, 1.54) is 11.8 Å². The van der Waals surface area contributed by atoms with Crippen LogP contribution in [0.15, 0.2) is 0 Å². The van der Waals surface area contributed by atoms with Crippen molar-refractivity contribution in [2.24, 2.45) is 11.8 Å². The highest BCUT2D eigenvalue weighted by molar-refractivity contribution is 5.78. The number of fused-ring (bicyclic) bond motifs is 2. The Hall–Kier alpha value is -1.10. The van der Waals surface area contributed by atoms with Crippen LogP contribution in [-0.2, 0) is 9.59 Å². The number of amides is 1. The van der Waals surface area contributed by atoms with E-state index in [0.717, 1.165) is 0 Å². The monoisotopic (exact) mass is 199 g/mol. The Morgan fingerprint density at radius 1 is 1.43 bits per heavy atom. The molecule has 0 radical (unpaired) electrons. The summed E-state index contributed by atoms with van der Waals surface area (Å²) in [5, 5.41) is 18.6. The van der Waals surface area contributed by atoms with Gasteiger partial charge in [0.05, 0.1) is 18.1 Å². The molecule has 0 aromatic carbocycles. The van der Waals surface area contributed by atoms with Crippen molar-refractivity contribution >= 4 is 11.9 Å². The molecule has 4 atom stereocenters. The number of hydrogen-bond acceptors (Lipinski definition) is 3. The first-order chi connectivity index (χ1) is 6.52. The van der Waals surface area contributed by atoms with Gasteiger partial charge in [-0.3, -0.25) is 9.59 Å². The van der Waals surface area contributed by atoms with Crippen LogP contribution in [0.3, 0.4) is 0 Å². The predicted octanol–water partition coefficient (Wildman–Crippen LogP) is -0.701. The van der Waals surface area contributed by atoms with Crippen molar-refractivity contribution < 1.29 is 19.8 Å². The number of aliphatic carboxylic acids is 1. The molecule has 0 aromatic heterocycles. The molecule has 0 unspecified atom stereocenters. The van der Waals surface area contributed by atoms with Crippen LogP contribution in [0.1, 0.15) is 13.3 Å². The summed E-state index contributed by atoms with van der Waals surface area (Å²) < 4.78 is 0. The number of piperidine rings is 1. The number of hydrogen-bond donors (Lipinski definition) is 2. The predicted molar refractivity (Wildman–Crippen MR) is 46.4 cm³/mol. The maximum atomic E-state index is 11.2. The summed E-state index contributed by atoms with van der Waals surface area (Å²) in [4.78, 5) is 23.6. The van der Waals surface area contributed by atoms with Crippen LogP contribution in [0.5, 0.6) is 0 Å². The lowest BCUT2D eigenvalue weighted by Crippen LogP contribution is -2.45. The molecule has 2 fully saturated rings. The third-order valence-electron chi connectivity index (χ3n) is 3.29. The number of rotatable bonds is 1. The Morgan fingerprint density at radius 3 is 2.50 bits per heavy atom. The van der Waals surface area contributed by atoms with Gasteiger partial charge in [-0.25, -0.2) is 0 Å².